The second kappa shape index (κ2) is 6.20. The minimum Gasteiger partial charge on any atom is -0.481 e. The molecule has 1 aliphatic carbocycles. The van der Waals surface area contributed by atoms with Crippen LogP contribution in [0.25, 0.3) is 0 Å². The smallest absolute Gasteiger partial charge is 0.306 e. The second-order valence-electron chi connectivity index (χ2n) is 4.98. The van der Waals surface area contributed by atoms with E-state index in [0.29, 0.717) is 12.8 Å². The minimum atomic E-state index is -3.74. The van der Waals surface area contributed by atoms with Gasteiger partial charge in [-0.1, -0.05) is 6.42 Å². The van der Waals surface area contributed by atoms with E-state index in [0.717, 1.165) is 12.6 Å². The average Bonchev–Trinajstić information content (AvgIpc) is 2.94. The Morgan fingerprint density at radius 3 is 2.81 bits per heavy atom. The molecule has 2 atom stereocenters. The summed E-state index contributed by atoms with van der Waals surface area (Å²) in [6, 6.07) is 4.44. The van der Waals surface area contributed by atoms with Gasteiger partial charge in [0.05, 0.1) is 5.92 Å². The number of hydrogen-bond acceptors (Lipinski definition) is 5. The highest BCUT2D eigenvalue weighted by molar-refractivity contribution is 7.89. The summed E-state index contributed by atoms with van der Waals surface area (Å²) < 4.78 is 26.6. The predicted octanol–water partition coefficient (Wildman–Crippen LogP) is 0.732. The minimum absolute atomic E-state index is 0.0358. The van der Waals surface area contributed by atoms with E-state index in [-0.39, 0.29) is 23.1 Å². The normalized spacial score (nSPS) is 21.9. The molecule has 2 unspecified atom stereocenters. The summed E-state index contributed by atoms with van der Waals surface area (Å²) >= 11 is 0. The topological polar surface area (TPSA) is 120 Å². The Bertz CT molecular complexity index is 664. The Morgan fingerprint density at radius 1 is 1.48 bits per heavy atom. The fourth-order valence-electron chi connectivity index (χ4n) is 2.51. The van der Waals surface area contributed by atoms with Crippen molar-refractivity contribution in [2.24, 2.45) is 11.8 Å². The predicted molar refractivity (Wildman–Crippen MR) is 72.6 cm³/mol. The van der Waals surface area contributed by atoms with Gasteiger partial charge in [-0.2, -0.15) is 5.26 Å². The third kappa shape index (κ3) is 3.56. The number of nitriles is 1. The standard InChI is InChI=1S/C13H15N3O4S/c14-6-10-4-5-11(8-15-10)21(19,20)16-7-9-2-1-3-12(9)13(17)18/h4-5,8-9,12,16H,1-3,7H2,(H,17,18). The molecule has 1 aromatic rings. The molecule has 112 valence electrons. The van der Waals surface area contributed by atoms with Gasteiger partial charge in [-0.25, -0.2) is 18.1 Å². The summed E-state index contributed by atoms with van der Waals surface area (Å²) in [5.41, 5.74) is 0.135. The number of pyridine rings is 1. The number of rotatable bonds is 5. The van der Waals surface area contributed by atoms with Crippen LogP contribution in [-0.4, -0.2) is 31.0 Å². The maximum atomic E-state index is 12.1. The van der Waals surface area contributed by atoms with Crippen molar-refractivity contribution in [3.63, 3.8) is 0 Å². The highest BCUT2D eigenvalue weighted by Crippen LogP contribution is 2.31. The van der Waals surface area contributed by atoms with Gasteiger partial charge in [0.15, 0.2) is 0 Å². The summed E-state index contributed by atoms with van der Waals surface area (Å²) in [7, 11) is -3.74. The summed E-state index contributed by atoms with van der Waals surface area (Å²) in [4.78, 5) is 14.7. The van der Waals surface area contributed by atoms with E-state index in [1.165, 1.54) is 12.1 Å². The van der Waals surface area contributed by atoms with Gasteiger partial charge in [0.2, 0.25) is 10.0 Å². The lowest BCUT2D eigenvalue weighted by molar-refractivity contribution is -0.142. The largest absolute Gasteiger partial charge is 0.481 e. The molecule has 0 bridgehead atoms. The number of carbonyl (C=O) groups is 1. The van der Waals surface area contributed by atoms with E-state index >= 15 is 0 Å². The van der Waals surface area contributed by atoms with Crippen LogP contribution in [0.1, 0.15) is 25.0 Å². The van der Waals surface area contributed by atoms with Crippen molar-refractivity contribution >= 4 is 16.0 Å². The summed E-state index contributed by atoms with van der Waals surface area (Å²) in [5.74, 6) is -1.56. The van der Waals surface area contributed by atoms with Crippen LogP contribution in [0, 0.1) is 23.2 Å². The van der Waals surface area contributed by atoms with E-state index in [2.05, 4.69) is 9.71 Å². The highest BCUT2D eigenvalue weighted by atomic mass is 32.2. The lowest BCUT2D eigenvalue weighted by atomic mass is 9.97. The van der Waals surface area contributed by atoms with Gasteiger partial charge < -0.3 is 5.11 Å². The molecular weight excluding hydrogens is 294 g/mol. The van der Waals surface area contributed by atoms with E-state index in [1.54, 1.807) is 0 Å². The first-order chi connectivity index (χ1) is 9.94. The maximum absolute atomic E-state index is 12.1. The first-order valence-corrected chi connectivity index (χ1v) is 8.01. The SMILES string of the molecule is N#Cc1ccc(S(=O)(=O)NCC2CCCC2C(=O)O)cn1. The molecule has 0 aliphatic heterocycles. The summed E-state index contributed by atoms with van der Waals surface area (Å²) in [6.07, 6.45) is 3.19. The molecule has 1 heterocycles. The first kappa shape index (κ1) is 15.4. The third-order valence-corrected chi connectivity index (χ3v) is 5.08. The first-order valence-electron chi connectivity index (χ1n) is 6.52. The Labute approximate surface area is 122 Å². The Balaban J connectivity index is 2.04. The second-order valence-corrected chi connectivity index (χ2v) is 6.75. The van der Waals surface area contributed by atoms with E-state index in [9.17, 15) is 13.2 Å². The van der Waals surface area contributed by atoms with Crippen LogP contribution in [-0.2, 0) is 14.8 Å². The molecule has 7 nitrogen and oxygen atoms in total. The maximum Gasteiger partial charge on any atom is 0.306 e. The van der Waals surface area contributed by atoms with Crippen LogP contribution in [0.3, 0.4) is 0 Å². The summed E-state index contributed by atoms with van der Waals surface area (Å²) in [6.45, 7) is 0.0965. The monoisotopic (exact) mass is 309 g/mol. The van der Waals surface area contributed by atoms with Crippen LogP contribution >= 0.6 is 0 Å². The lowest BCUT2D eigenvalue weighted by Gasteiger charge is -2.16. The molecule has 0 saturated heterocycles. The zero-order chi connectivity index (χ0) is 15.5. The third-order valence-electron chi connectivity index (χ3n) is 3.67. The van der Waals surface area contributed by atoms with Crippen LogP contribution < -0.4 is 4.72 Å². The van der Waals surface area contributed by atoms with Gasteiger partial charge in [-0.15, -0.1) is 0 Å². The lowest BCUT2D eigenvalue weighted by Crippen LogP contribution is -2.33. The molecule has 0 amide bonds. The number of carboxylic acid groups (broad SMARTS) is 1. The number of hydrogen-bond donors (Lipinski definition) is 2. The molecule has 2 rings (SSSR count). The van der Waals surface area contributed by atoms with E-state index in [4.69, 9.17) is 10.4 Å². The fraction of sp³-hybridized carbons (Fsp3) is 0.462. The molecule has 21 heavy (non-hydrogen) atoms. The molecule has 1 fully saturated rings. The molecule has 0 aromatic carbocycles. The Morgan fingerprint density at radius 2 is 2.24 bits per heavy atom. The molecular formula is C13H15N3O4S. The summed E-state index contributed by atoms with van der Waals surface area (Å²) in [5, 5.41) is 17.7. The van der Waals surface area contributed by atoms with Crippen molar-refractivity contribution in [2.45, 2.75) is 24.2 Å². The number of nitrogens with zero attached hydrogens (tertiary/aromatic N) is 2. The van der Waals surface area contributed by atoms with Crippen molar-refractivity contribution in [2.75, 3.05) is 6.54 Å². The van der Waals surface area contributed by atoms with Crippen molar-refractivity contribution in [3.8, 4) is 6.07 Å². The van der Waals surface area contributed by atoms with Gasteiger partial charge in [0, 0.05) is 12.7 Å². The van der Waals surface area contributed by atoms with E-state index in [1.807, 2.05) is 6.07 Å². The number of carboxylic acids is 1. The molecule has 1 saturated carbocycles. The van der Waals surface area contributed by atoms with Crippen LogP contribution in [0.2, 0.25) is 0 Å². The zero-order valence-electron chi connectivity index (χ0n) is 11.2. The quantitative estimate of drug-likeness (QED) is 0.827. The van der Waals surface area contributed by atoms with Crippen LogP contribution in [0.4, 0.5) is 0 Å². The van der Waals surface area contributed by atoms with Gasteiger partial charge in [-0.05, 0) is 30.9 Å². The molecule has 1 aromatic heterocycles. The zero-order valence-corrected chi connectivity index (χ0v) is 12.0. The fourth-order valence-corrected chi connectivity index (χ4v) is 3.55. The van der Waals surface area contributed by atoms with Gasteiger partial charge >= 0.3 is 5.97 Å². The van der Waals surface area contributed by atoms with Crippen molar-refractivity contribution < 1.29 is 18.3 Å². The van der Waals surface area contributed by atoms with Crippen LogP contribution in [0.5, 0.6) is 0 Å². The van der Waals surface area contributed by atoms with Gasteiger partial charge in [0.1, 0.15) is 16.7 Å². The van der Waals surface area contributed by atoms with Crippen molar-refractivity contribution in [3.05, 3.63) is 24.0 Å². The number of nitrogens with one attached hydrogen (secondary N) is 1. The molecule has 1 aliphatic rings. The number of aliphatic carboxylic acids is 1. The number of aromatic nitrogens is 1. The van der Waals surface area contributed by atoms with Crippen molar-refractivity contribution in [1.82, 2.24) is 9.71 Å². The molecule has 2 N–H and O–H groups in total. The molecule has 0 spiro atoms. The Kier molecular flexibility index (Phi) is 4.55. The van der Waals surface area contributed by atoms with E-state index < -0.39 is 21.9 Å². The van der Waals surface area contributed by atoms with Crippen LogP contribution in [0.15, 0.2) is 23.2 Å². The molecule has 0 radical (unpaired) electrons. The number of sulfonamides is 1. The Hall–Kier alpha value is -1.98. The van der Waals surface area contributed by atoms with Gasteiger partial charge in [0.25, 0.3) is 0 Å². The highest BCUT2D eigenvalue weighted by Gasteiger charge is 2.33. The van der Waals surface area contributed by atoms with Gasteiger partial charge in [-0.3, -0.25) is 4.79 Å². The average molecular weight is 309 g/mol. The van der Waals surface area contributed by atoms with Crippen molar-refractivity contribution in [1.29, 1.82) is 5.26 Å². The molecule has 8 heteroatoms.